The highest BCUT2D eigenvalue weighted by molar-refractivity contribution is 5.99. The maximum Gasteiger partial charge on any atom is 0.235 e. The largest absolute Gasteiger partial charge is 0.497 e. The van der Waals surface area contributed by atoms with E-state index in [-0.39, 0.29) is 5.91 Å². The van der Waals surface area contributed by atoms with Gasteiger partial charge in [-0.15, -0.1) is 0 Å². The summed E-state index contributed by atoms with van der Waals surface area (Å²) in [5.41, 5.74) is 0.899. The van der Waals surface area contributed by atoms with Crippen LogP contribution in [0.25, 0.3) is 0 Å². The van der Waals surface area contributed by atoms with Gasteiger partial charge in [0.1, 0.15) is 5.75 Å². The van der Waals surface area contributed by atoms with Crippen LogP contribution in [0.3, 0.4) is 0 Å². The molecular weight excluding hydrogens is 346 g/mol. The molecule has 0 atom stereocenters. The minimum absolute atomic E-state index is 0.0636. The standard InChI is InChI=1S/C21H25NO5/c1-24-17-6-4-5-16(14-17)22-20(23)21(9-11-27-12-10-21)15-7-8-18(25-2)19(13-15)26-3/h4-8,13-14H,9-12H2,1-3H3,(H,22,23). The number of carbonyl (C=O) groups is 1. The van der Waals surface area contributed by atoms with Crippen LogP contribution in [0, 0.1) is 0 Å². The molecule has 6 nitrogen and oxygen atoms in total. The molecule has 3 rings (SSSR count). The molecule has 2 aromatic rings. The second-order valence-corrected chi connectivity index (χ2v) is 6.45. The molecule has 1 aliphatic heterocycles. The Labute approximate surface area is 159 Å². The Hall–Kier alpha value is -2.73. The number of hydrogen-bond donors (Lipinski definition) is 1. The van der Waals surface area contributed by atoms with Gasteiger partial charge >= 0.3 is 0 Å². The number of nitrogens with one attached hydrogen (secondary N) is 1. The van der Waals surface area contributed by atoms with Crippen LogP contribution in [0.15, 0.2) is 42.5 Å². The molecule has 27 heavy (non-hydrogen) atoms. The van der Waals surface area contributed by atoms with E-state index in [0.717, 1.165) is 5.56 Å². The SMILES string of the molecule is COc1cccc(NC(=O)C2(c3ccc(OC)c(OC)c3)CCOCC2)c1. The first-order valence-electron chi connectivity index (χ1n) is 8.89. The van der Waals surface area contributed by atoms with Crippen molar-refractivity contribution in [2.45, 2.75) is 18.3 Å². The molecule has 1 N–H and O–H groups in total. The summed E-state index contributed by atoms with van der Waals surface area (Å²) < 4.78 is 21.5. The fraction of sp³-hybridized carbons (Fsp3) is 0.381. The van der Waals surface area contributed by atoms with Crippen molar-refractivity contribution < 1.29 is 23.7 Å². The van der Waals surface area contributed by atoms with E-state index in [1.165, 1.54) is 0 Å². The monoisotopic (exact) mass is 371 g/mol. The number of rotatable bonds is 6. The third-order valence-electron chi connectivity index (χ3n) is 5.04. The van der Waals surface area contributed by atoms with E-state index in [4.69, 9.17) is 18.9 Å². The Morgan fingerprint density at radius 2 is 1.70 bits per heavy atom. The van der Waals surface area contributed by atoms with Crippen molar-refractivity contribution in [3.8, 4) is 17.2 Å². The number of carbonyl (C=O) groups excluding carboxylic acids is 1. The van der Waals surface area contributed by atoms with Crippen molar-refractivity contribution in [3.63, 3.8) is 0 Å². The minimum atomic E-state index is -0.694. The highest BCUT2D eigenvalue weighted by atomic mass is 16.5. The molecule has 1 aliphatic rings. The van der Waals surface area contributed by atoms with Crippen LogP contribution >= 0.6 is 0 Å². The van der Waals surface area contributed by atoms with E-state index in [0.29, 0.717) is 49.0 Å². The summed E-state index contributed by atoms with van der Waals surface area (Å²) in [6, 6.07) is 13.0. The number of hydrogen-bond acceptors (Lipinski definition) is 5. The van der Waals surface area contributed by atoms with Crippen LogP contribution in [0.4, 0.5) is 5.69 Å². The summed E-state index contributed by atoms with van der Waals surface area (Å²) in [5.74, 6) is 1.87. The summed E-state index contributed by atoms with van der Waals surface area (Å²) in [7, 11) is 4.79. The Bertz CT molecular complexity index is 799. The number of ether oxygens (including phenoxy) is 4. The van der Waals surface area contributed by atoms with E-state index in [2.05, 4.69) is 5.32 Å². The summed E-state index contributed by atoms with van der Waals surface area (Å²) in [4.78, 5) is 13.4. The van der Waals surface area contributed by atoms with Gasteiger partial charge in [-0.25, -0.2) is 0 Å². The topological polar surface area (TPSA) is 66.0 Å². The smallest absolute Gasteiger partial charge is 0.235 e. The second kappa shape index (κ2) is 8.31. The summed E-state index contributed by atoms with van der Waals surface area (Å²) >= 11 is 0. The molecule has 1 amide bonds. The molecule has 0 saturated carbocycles. The molecule has 144 valence electrons. The van der Waals surface area contributed by atoms with Crippen LogP contribution in [-0.2, 0) is 14.9 Å². The molecule has 1 fully saturated rings. The molecule has 1 heterocycles. The van der Waals surface area contributed by atoms with Gasteiger partial charge in [-0.2, -0.15) is 0 Å². The summed E-state index contributed by atoms with van der Waals surface area (Å²) in [6.45, 7) is 1.06. The predicted molar refractivity (Wildman–Crippen MR) is 103 cm³/mol. The lowest BCUT2D eigenvalue weighted by Crippen LogP contribution is -2.44. The third-order valence-corrected chi connectivity index (χ3v) is 5.04. The van der Waals surface area contributed by atoms with E-state index in [9.17, 15) is 4.79 Å². The lowest BCUT2D eigenvalue weighted by Gasteiger charge is -2.36. The first kappa shape index (κ1) is 19.0. The van der Waals surface area contributed by atoms with Gasteiger partial charge in [-0.3, -0.25) is 4.79 Å². The number of amides is 1. The number of benzene rings is 2. The van der Waals surface area contributed by atoms with Crippen molar-refractivity contribution in [3.05, 3.63) is 48.0 Å². The maximum absolute atomic E-state index is 13.4. The Morgan fingerprint density at radius 1 is 0.963 bits per heavy atom. The van der Waals surface area contributed by atoms with Crippen LogP contribution < -0.4 is 19.5 Å². The van der Waals surface area contributed by atoms with Crippen molar-refractivity contribution >= 4 is 11.6 Å². The van der Waals surface area contributed by atoms with Gasteiger partial charge < -0.3 is 24.3 Å². The van der Waals surface area contributed by atoms with Crippen molar-refractivity contribution in [1.29, 1.82) is 0 Å². The molecule has 0 spiro atoms. The molecule has 6 heteroatoms. The average molecular weight is 371 g/mol. The zero-order chi connectivity index (χ0) is 19.3. The maximum atomic E-state index is 13.4. The minimum Gasteiger partial charge on any atom is -0.497 e. The molecule has 0 radical (unpaired) electrons. The van der Waals surface area contributed by atoms with E-state index < -0.39 is 5.41 Å². The third kappa shape index (κ3) is 3.85. The normalized spacial score (nSPS) is 15.7. The van der Waals surface area contributed by atoms with E-state index in [1.54, 1.807) is 27.4 Å². The van der Waals surface area contributed by atoms with Gasteiger partial charge in [0, 0.05) is 25.0 Å². The zero-order valence-electron chi connectivity index (χ0n) is 15.9. The highest BCUT2D eigenvalue weighted by Crippen LogP contribution is 2.40. The summed E-state index contributed by atoms with van der Waals surface area (Å²) in [6.07, 6.45) is 1.19. The van der Waals surface area contributed by atoms with E-state index >= 15 is 0 Å². The quantitative estimate of drug-likeness (QED) is 0.843. The fourth-order valence-corrected chi connectivity index (χ4v) is 3.45. The molecule has 0 aliphatic carbocycles. The lowest BCUT2D eigenvalue weighted by atomic mass is 9.73. The Balaban J connectivity index is 1.96. The highest BCUT2D eigenvalue weighted by Gasteiger charge is 2.42. The Morgan fingerprint density at radius 3 is 2.37 bits per heavy atom. The predicted octanol–water partition coefficient (Wildman–Crippen LogP) is 3.40. The molecule has 0 aromatic heterocycles. The Kier molecular flexibility index (Phi) is 5.86. The van der Waals surface area contributed by atoms with Crippen LogP contribution in [0.1, 0.15) is 18.4 Å². The fourth-order valence-electron chi connectivity index (χ4n) is 3.45. The van der Waals surface area contributed by atoms with Crippen molar-refractivity contribution in [1.82, 2.24) is 0 Å². The second-order valence-electron chi connectivity index (χ2n) is 6.45. The van der Waals surface area contributed by atoms with Crippen LogP contribution in [0.2, 0.25) is 0 Å². The number of methoxy groups -OCH3 is 3. The van der Waals surface area contributed by atoms with Gasteiger partial charge in [0.15, 0.2) is 11.5 Å². The van der Waals surface area contributed by atoms with Gasteiger partial charge in [-0.1, -0.05) is 12.1 Å². The molecule has 0 unspecified atom stereocenters. The van der Waals surface area contributed by atoms with Gasteiger partial charge in [0.05, 0.1) is 26.7 Å². The van der Waals surface area contributed by atoms with Crippen LogP contribution in [-0.4, -0.2) is 40.5 Å². The molecule has 1 saturated heterocycles. The average Bonchev–Trinajstić information content (AvgIpc) is 2.73. The van der Waals surface area contributed by atoms with Crippen LogP contribution in [0.5, 0.6) is 17.2 Å². The first-order valence-corrected chi connectivity index (χ1v) is 8.89. The van der Waals surface area contributed by atoms with E-state index in [1.807, 2.05) is 36.4 Å². The molecule has 0 bridgehead atoms. The summed E-state index contributed by atoms with van der Waals surface area (Å²) in [5, 5.41) is 3.05. The van der Waals surface area contributed by atoms with Crippen molar-refractivity contribution in [2.24, 2.45) is 0 Å². The zero-order valence-corrected chi connectivity index (χ0v) is 15.9. The molecule has 2 aromatic carbocycles. The lowest BCUT2D eigenvalue weighted by molar-refractivity contribution is -0.125. The molecular formula is C21H25NO5. The van der Waals surface area contributed by atoms with Gasteiger partial charge in [-0.05, 0) is 42.7 Å². The van der Waals surface area contributed by atoms with Gasteiger partial charge in [0.2, 0.25) is 5.91 Å². The van der Waals surface area contributed by atoms with Crippen molar-refractivity contribution in [2.75, 3.05) is 39.9 Å². The number of anilines is 1. The first-order chi connectivity index (χ1) is 13.1. The van der Waals surface area contributed by atoms with Gasteiger partial charge in [0.25, 0.3) is 0 Å².